The van der Waals surface area contributed by atoms with E-state index in [1.165, 1.54) is 17.1 Å². The Morgan fingerprint density at radius 1 is 1.40 bits per heavy atom. The van der Waals surface area contributed by atoms with E-state index in [-0.39, 0.29) is 24.1 Å². The normalized spacial score (nSPS) is 16.6. The summed E-state index contributed by atoms with van der Waals surface area (Å²) in [5, 5.41) is 15.6. The molecule has 1 aromatic carbocycles. The summed E-state index contributed by atoms with van der Waals surface area (Å²) >= 11 is 12.2. The maximum Gasteiger partial charge on any atom is 0.306 e. The first-order chi connectivity index (χ1) is 11.9. The summed E-state index contributed by atoms with van der Waals surface area (Å²) in [5.74, 6) is -0.0256. The number of aromatic nitrogens is 2. The Morgan fingerprint density at radius 2 is 2.12 bits per heavy atom. The molecule has 0 bridgehead atoms. The first-order valence-electron chi connectivity index (χ1n) is 7.81. The Morgan fingerprint density at radius 3 is 2.80 bits per heavy atom. The number of hydrogen-bond donors (Lipinski definition) is 0. The van der Waals surface area contributed by atoms with E-state index in [9.17, 15) is 14.9 Å². The van der Waals surface area contributed by atoms with E-state index in [4.69, 9.17) is 23.2 Å². The second-order valence-electron chi connectivity index (χ2n) is 5.95. The average molecular weight is 383 g/mol. The van der Waals surface area contributed by atoms with Crippen LogP contribution in [-0.2, 0) is 17.8 Å². The lowest BCUT2D eigenvalue weighted by molar-refractivity contribution is -0.385. The molecule has 132 valence electrons. The Labute approximate surface area is 154 Å². The number of carbonyl (C=O) groups is 1. The van der Waals surface area contributed by atoms with E-state index in [0.717, 1.165) is 17.5 Å². The molecule has 1 atom stereocenters. The maximum absolute atomic E-state index is 12.6. The third-order valence-electron chi connectivity index (χ3n) is 4.43. The lowest BCUT2D eigenvalue weighted by atomic mass is 9.93. The van der Waals surface area contributed by atoms with E-state index in [2.05, 4.69) is 5.10 Å². The number of aryl methyl sites for hydroxylation is 1. The van der Waals surface area contributed by atoms with Gasteiger partial charge in [0.2, 0.25) is 5.91 Å². The highest BCUT2D eigenvalue weighted by molar-refractivity contribution is 6.42. The molecular formula is C16H16Cl2N4O3. The molecule has 9 heteroatoms. The largest absolute Gasteiger partial charge is 0.336 e. The third-order valence-corrected chi connectivity index (χ3v) is 5.15. The molecule has 1 aromatic heterocycles. The number of carbonyl (C=O) groups excluding carboxylic acids is 1. The van der Waals surface area contributed by atoms with Crippen molar-refractivity contribution in [1.82, 2.24) is 14.7 Å². The Balaban J connectivity index is 1.68. The number of hydrogen-bond acceptors (Lipinski definition) is 4. The van der Waals surface area contributed by atoms with E-state index in [1.54, 1.807) is 4.90 Å². The van der Waals surface area contributed by atoms with Crippen LogP contribution in [-0.4, -0.2) is 32.1 Å². The number of fused-ring (bicyclic) bond motifs is 1. The molecule has 25 heavy (non-hydrogen) atoms. The molecule has 0 saturated heterocycles. The molecule has 0 aliphatic carbocycles. The topological polar surface area (TPSA) is 81.3 Å². The van der Waals surface area contributed by atoms with Gasteiger partial charge in [-0.3, -0.25) is 19.6 Å². The average Bonchev–Trinajstić information content (AvgIpc) is 3.04. The van der Waals surface area contributed by atoms with Crippen molar-refractivity contribution in [2.45, 2.75) is 32.4 Å². The van der Waals surface area contributed by atoms with Crippen LogP contribution in [0.25, 0.3) is 0 Å². The smallest absolute Gasteiger partial charge is 0.306 e. The lowest BCUT2D eigenvalue weighted by Gasteiger charge is -2.35. The Kier molecular flexibility index (Phi) is 4.96. The van der Waals surface area contributed by atoms with Gasteiger partial charge in [0.25, 0.3) is 0 Å². The summed E-state index contributed by atoms with van der Waals surface area (Å²) in [7, 11) is 0. The first kappa shape index (κ1) is 17.7. The number of halogens is 2. The van der Waals surface area contributed by atoms with Crippen LogP contribution in [0, 0.1) is 10.1 Å². The van der Waals surface area contributed by atoms with Gasteiger partial charge in [0.15, 0.2) is 0 Å². The Bertz CT molecular complexity index is 837. The molecule has 1 aliphatic rings. The SMILES string of the molecule is C[C@H]1c2cc(Cl)c(Cl)cc2CCN1C(=O)CCn1cc([N+](=O)[O-])cn1. The minimum atomic E-state index is -0.510. The van der Waals surface area contributed by atoms with E-state index in [1.807, 2.05) is 19.1 Å². The number of rotatable bonds is 4. The van der Waals surface area contributed by atoms with Crippen LogP contribution in [0.1, 0.15) is 30.5 Å². The van der Waals surface area contributed by atoms with E-state index < -0.39 is 4.92 Å². The fourth-order valence-electron chi connectivity index (χ4n) is 3.07. The Hall–Kier alpha value is -2.12. The summed E-state index contributed by atoms with van der Waals surface area (Å²) in [5.41, 5.74) is 2.02. The molecule has 0 saturated carbocycles. The van der Waals surface area contributed by atoms with Gasteiger partial charge in [0.1, 0.15) is 12.4 Å². The van der Waals surface area contributed by atoms with Gasteiger partial charge < -0.3 is 4.90 Å². The molecule has 0 unspecified atom stereocenters. The van der Waals surface area contributed by atoms with Crippen LogP contribution in [0.15, 0.2) is 24.5 Å². The highest BCUT2D eigenvalue weighted by atomic mass is 35.5. The second-order valence-corrected chi connectivity index (χ2v) is 6.76. The zero-order chi connectivity index (χ0) is 18.1. The van der Waals surface area contributed by atoms with Gasteiger partial charge in [0.05, 0.1) is 21.0 Å². The fourth-order valence-corrected chi connectivity index (χ4v) is 3.43. The van der Waals surface area contributed by atoms with Gasteiger partial charge in [-0.1, -0.05) is 23.2 Å². The standard InChI is InChI=1S/C16H16Cl2N4O3/c1-10-13-7-15(18)14(17)6-11(13)2-5-21(10)16(23)3-4-20-9-12(8-19-20)22(24)25/h6-10H,2-5H2,1H3/t10-/m0/s1. The lowest BCUT2D eigenvalue weighted by Crippen LogP contribution is -2.39. The van der Waals surface area contributed by atoms with Crippen molar-refractivity contribution < 1.29 is 9.72 Å². The van der Waals surface area contributed by atoms with Crippen molar-refractivity contribution in [3.8, 4) is 0 Å². The highest BCUT2D eigenvalue weighted by Gasteiger charge is 2.28. The summed E-state index contributed by atoms with van der Waals surface area (Å²) in [6.45, 7) is 2.85. The van der Waals surface area contributed by atoms with Crippen molar-refractivity contribution in [3.63, 3.8) is 0 Å². The monoisotopic (exact) mass is 382 g/mol. The van der Waals surface area contributed by atoms with Crippen molar-refractivity contribution in [2.75, 3.05) is 6.54 Å². The van der Waals surface area contributed by atoms with Gasteiger partial charge in [-0.15, -0.1) is 0 Å². The highest BCUT2D eigenvalue weighted by Crippen LogP contribution is 2.35. The molecule has 0 fully saturated rings. The predicted molar refractivity (Wildman–Crippen MR) is 93.8 cm³/mol. The number of nitro groups is 1. The summed E-state index contributed by atoms with van der Waals surface area (Å²) in [6, 6.07) is 3.58. The summed E-state index contributed by atoms with van der Waals surface area (Å²) in [6.07, 6.45) is 3.44. The fraction of sp³-hybridized carbons (Fsp3) is 0.375. The third kappa shape index (κ3) is 3.62. The van der Waals surface area contributed by atoms with Gasteiger partial charge in [0, 0.05) is 19.5 Å². The number of nitrogens with zero attached hydrogens (tertiary/aromatic N) is 4. The summed E-state index contributed by atoms with van der Waals surface area (Å²) in [4.78, 5) is 24.5. The van der Waals surface area contributed by atoms with Crippen molar-refractivity contribution in [3.05, 3.63) is 55.8 Å². The molecule has 2 aromatic rings. The van der Waals surface area contributed by atoms with Crippen LogP contribution < -0.4 is 0 Å². The molecule has 1 amide bonds. The molecule has 7 nitrogen and oxygen atoms in total. The van der Waals surface area contributed by atoms with Gasteiger partial charge in [-0.05, 0) is 36.6 Å². The summed E-state index contributed by atoms with van der Waals surface area (Å²) < 4.78 is 1.41. The maximum atomic E-state index is 12.6. The van der Waals surface area contributed by atoms with Gasteiger partial charge in [-0.2, -0.15) is 5.10 Å². The molecule has 2 heterocycles. The molecule has 0 N–H and O–H groups in total. The van der Waals surface area contributed by atoms with Crippen molar-refractivity contribution in [2.24, 2.45) is 0 Å². The van der Waals surface area contributed by atoms with Crippen LogP contribution in [0.4, 0.5) is 5.69 Å². The van der Waals surface area contributed by atoms with E-state index >= 15 is 0 Å². The van der Waals surface area contributed by atoms with Crippen LogP contribution in [0.2, 0.25) is 10.0 Å². The van der Waals surface area contributed by atoms with E-state index in [0.29, 0.717) is 23.1 Å². The first-order valence-corrected chi connectivity index (χ1v) is 8.56. The van der Waals surface area contributed by atoms with Crippen LogP contribution in [0.5, 0.6) is 0 Å². The van der Waals surface area contributed by atoms with Crippen molar-refractivity contribution in [1.29, 1.82) is 0 Å². The molecule has 0 spiro atoms. The van der Waals surface area contributed by atoms with Crippen LogP contribution in [0.3, 0.4) is 0 Å². The molecular weight excluding hydrogens is 367 g/mol. The quantitative estimate of drug-likeness (QED) is 0.596. The molecule has 3 rings (SSSR count). The predicted octanol–water partition coefficient (Wildman–Crippen LogP) is 3.63. The minimum absolute atomic E-state index is 0.0256. The minimum Gasteiger partial charge on any atom is -0.336 e. The molecule has 1 aliphatic heterocycles. The van der Waals surface area contributed by atoms with Gasteiger partial charge >= 0.3 is 5.69 Å². The molecule has 0 radical (unpaired) electrons. The number of amides is 1. The van der Waals surface area contributed by atoms with Crippen molar-refractivity contribution >= 4 is 34.8 Å². The zero-order valence-corrected chi connectivity index (χ0v) is 15.0. The zero-order valence-electron chi connectivity index (χ0n) is 13.5. The van der Waals surface area contributed by atoms with Gasteiger partial charge in [-0.25, -0.2) is 0 Å². The second kappa shape index (κ2) is 7.01. The number of benzene rings is 1. The van der Waals surface area contributed by atoms with Crippen LogP contribution >= 0.6 is 23.2 Å².